The number of aromatic nitrogens is 1. The maximum Gasteiger partial charge on any atom is 0.318 e. The second-order valence-corrected chi connectivity index (χ2v) is 7.33. The molecule has 0 fully saturated rings. The lowest BCUT2D eigenvalue weighted by Crippen LogP contribution is -2.27. The van der Waals surface area contributed by atoms with E-state index >= 15 is 0 Å². The van der Waals surface area contributed by atoms with Crippen LogP contribution in [0.1, 0.15) is 17.8 Å². The van der Waals surface area contributed by atoms with Gasteiger partial charge in [0.2, 0.25) is 10.0 Å². The molecular formula is C15H17F2N3O2S. The minimum absolute atomic E-state index is 0.243. The molecule has 0 amide bonds. The summed E-state index contributed by atoms with van der Waals surface area (Å²) in [6, 6.07) is 8.56. The third-order valence-electron chi connectivity index (χ3n) is 3.92. The molecule has 1 N–H and O–H groups in total. The molecule has 0 bridgehead atoms. The van der Waals surface area contributed by atoms with Gasteiger partial charge in [-0.05, 0) is 30.7 Å². The zero-order chi connectivity index (χ0) is 16.6. The highest BCUT2D eigenvalue weighted by molar-refractivity contribution is 7.92. The summed E-state index contributed by atoms with van der Waals surface area (Å²) in [7, 11) is -3.31. The average molecular weight is 341 g/mol. The molecular weight excluding hydrogens is 324 g/mol. The Kier molecular flexibility index (Phi) is 4.01. The largest absolute Gasteiger partial charge is 0.379 e. The Labute approximate surface area is 133 Å². The van der Waals surface area contributed by atoms with Crippen LogP contribution in [-0.2, 0) is 23.0 Å². The Bertz CT molecular complexity index is 818. The van der Waals surface area contributed by atoms with Crippen molar-refractivity contribution in [3.63, 3.8) is 0 Å². The van der Waals surface area contributed by atoms with Gasteiger partial charge in [-0.1, -0.05) is 6.07 Å². The van der Waals surface area contributed by atoms with E-state index in [4.69, 9.17) is 0 Å². The van der Waals surface area contributed by atoms with Crippen molar-refractivity contribution in [2.45, 2.75) is 19.5 Å². The maximum absolute atomic E-state index is 12.9. The molecule has 1 aromatic carbocycles. The van der Waals surface area contributed by atoms with Gasteiger partial charge in [0.15, 0.2) is 0 Å². The summed E-state index contributed by atoms with van der Waals surface area (Å²) in [5, 5.41) is 3.14. The van der Waals surface area contributed by atoms with E-state index in [-0.39, 0.29) is 6.54 Å². The van der Waals surface area contributed by atoms with Crippen LogP contribution in [0.4, 0.5) is 20.2 Å². The van der Waals surface area contributed by atoms with E-state index in [1.165, 1.54) is 16.8 Å². The molecule has 0 aliphatic carbocycles. The van der Waals surface area contributed by atoms with Crippen LogP contribution in [0, 0.1) is 0 Å². The molecule has 1 aromatic heterocycles. The molecule has 0 saturated carbocycles. The molecule has 1 aliphatic heterocycles. The SMILES string of the molecule is CS(=O)(=O)N1CCc2c(NCc3cccn3C(F)F)cccc21. The first-order chi connectivity index (χ1) is 10.9. The van der Waals surface area contributed by atoms with Gasteiger partial charge in [0.25, 0.3) is 0 Å². The standard InChI is InChI=1S/C15H17F2N3O2S/c1-23(21,22)20-9-7-12-13(5-2-6-14(12)20)18-10-11-4-3-8-19(11)15(16)17/h2-6,8,15,18H,7,9-10H2,1H3. The lowest BCUT2D eigenvalue weighted by molar-refractivity contribution is 0.0680. The molecule has 0 radical (unpaired) electrons. The lowest BCUT2D eigenvalue weighted by atomic mass is 10.1. The van der Waals surface area contributed by atoms with Crippen molar-refractivity contribution in [3.8, 4) is 0 Å². The van der Waals surface area contributed by atoms with Gasteiger partial charge in [0, 0.05) is 29.7 Å². The second-order valence-electron chi connectivity index (χ2n) is 5.43. The first-order valence-corrected chi connectivity index (χ1v) is 9.00. The van der Waals surface area contributed by atoms with Gasteiger partial charge in [0.1, 0.15) is 0 Å². The molecule has 124 valence electrons. The van der Waals surface area contributed by atoms with Crippen LogP contribution in [0.25, 0.3) is 0 Å². The summed E-state index contributed by atoms with van der Waals surface area (Å²) in [5.41, 5.74) is 2.79. The van der Waals surface area contributed by atoms with Gasteiger partial charge in [-0.15, -0.1) is 0 Å². The summed E-state index contributed by atoms with van der Waals surface area (Å²) < 4.78 is 51.6. The van der Waals surface area contributed by atoms with Gasteiger partial charge in [-0.3, -0.25) is 8.87 Å². The number of nitrogens with one attached hydrogen (secondary N) is 1. The summed E-state index contributed by atoms with van der Waals surface area (Å²) in [6.45, 7) is -1.93. The van der Waals surface area contributed by atoms with Crippen molar-refractivity contribution in [1.82, 2.24) is 4.57 Å². The number of hydrogen-bond donors (Lipinski definition) is 1. The number of anilines is 2. The molecule has 0 unspecified atom stereocenters. The molecule has 0 atom stereocenters. The van der Waals surface area contributed by atoms with Crippen LogP contribution in [0.5, 0.6) is 0 Å². The van der Waals surface area contributed by atoms with Crippen molar-refractivity contribution in [1.29, 1.82) is 0 Å². The molecule has 0 saturated heterocycles. The Morgan fingerprint density at radius 3 is 2.74 bits per heavy atom. The third kappa shape index (κ3) is 3.03. The number of rotatable bonds is 5. The summed E-state index contributed by atoms with van der Waals surface area (Å²) in [4.78, 5) is 0. The van der Waals surface area contributed by atoms with E-state index in [9.17, 15) is 17.2 Å². The highest BCUT2D eigenvalue weighted by Gasteiger charge is 2.27. The summed E-state index contributed by atoms with van der Waals surface area (Å²) in [6.07, 6.45) is 3.11. The van der Waals surface area contributed by atoms with Crippen molar-refractivity contribution in [2.24, 2.45) is 0 Å². The Hall–Kier alpha value is -2.09. The van der Waals surface area contributed by atoms with Crippen molar-refractivity contribution < 1.29 is 17.2 Å². The number of fused-ring (bicyclic) bond motifs is 1. The van der Waals surface area contributed by atoms with E-state index in [1.807, 2.05) is 6.07 Å². The topological polar surface area (TPSA) is 54.3 Å². The predicted molar refractivity (Wildman–Crippen MR) is 85.3 cm³/mol. The smallest absolute Gasteiger partial charge is 0.318 e. The number of alkyl halides is 2. The van der Waals surface area contributed by atoms with Crippen molar-refractivity contribution >= 4 is 21.4 Å². The maximum atomic E-state index is 12.9. The third-order valence-corrected chi connectivity index (χ3v) is 5.10. The van der Waals surface area contributed by atoms with E-state index in [0.29, 0.717) is 24.3 Å². The fourth-order valence-corrected chi connectivity index (χ4v) is 3.82. The van der Waals surface area contributed by atoms with Crippen LogP contribution in [0.15, 0.2) is 36.5 Å². The van der Waals surface area contributed by atoms with E-state index in [1.54, 1.807) is 24.3 Å². The van der Waals surface area contributed by atoms with Gasteiger partial charge in [0.05, 0.1) is 18.5 Å². The minimum Gasteiger partial charge on any atom is -0.379 e. The van der Waals surface area contributed by atoms with Crippen molar-refractivity contribution in [3.05, 3.63) is 47.8 Å². The Balaban J connectivity index is 1.83. The molecule has 2 aromatic rings. The minimum atomic E-state index is -3.31. The fraction of sp³-hybridized carbons (Fsp3) is 0.333. The zero-order valence-corrected chi connectivity index (χ0v) is 13.4. The van der Waals surface area contributed by atoms with E-state index in [0.717, 1.165) is 15.8 Å². The molecule has 5 nitrogen and oxygen atoms in total. The zero-order valence-electron chi connectivity index (χ0n) is 12.5. The highest BCUT2D eigenvalue weighted by atomic mass is 32.2. The molecule has 3 rings (SSSR count). The second kappa shape index (κ2) is 5.84. The quantitative estimate of drug-likeness (QED) is 0.910. The summed E-state index contributed by atoms with van der Waals surface area (Å²) in [5.74, 6) is 0. The molecule has 0 spiro atoms. The molecule has 1 aliphatic rings. The Morgan fingerprint density at radius 2 is 2.04 bits per heavy atom. The first-order valence-electron chi connectivity index (χ1n) is 7.15. The molecule has 2 heterocycles. The first kappa shape index (κ1) is 15.8. The van der Waals surface area contributed by atoms with Gasteiger partial charge >= 0.3 is 6.55 Å². The highest BCUT2D eigenvalue weighted by Crippen LogP contribution is 2.35. The van der Waals surface area contributed by atoms with E-state index in [2.05, 4.69) is 5.32 Å². The number of benzene rings is 1. The Morgan fingerprint density at radius 1 is 1.26 bits per heavy atom. The van der Waals surface area contributed by atoms with Crippen LogP contribution in [0.2, 0.25) is 0 Å². The number of hydrogen-bond acceptors (Lipinski definition) is 3. The van der Waals surface area contributed by atoms with Gasteiger partial charge < -0.3 is 5.32 Å². The number of sulfonamides is 1. The molecule has 23 heavy (non-hydrogen) atoms. The number of nitrogens with zero attached hydrogens (tertiary/aromatic N) is 2. The summed E-state index contributed by atoms with van der Waals surface area (Å²) >= 11 is 0. The number of halogens is 2. The average Bonchev–Trinajstić information content (AvgIpc) is 3.11. The van der Waals surface area contributed by atoms with E-state index < -0.39 is 16.6 Å². The van der Waals surface area contributed by atoms with Crippen LogP contribution in [0.3, 0.4) is 0 Å². The van der Waals surface area contributed by atoms with Crippen LogP contribution < -0.4 is 9.62 Å². The van der Waals surface area contributed by atoms with Crippen molar-refractivity contribution in [2.75, 3.05) is 22.4 Å². The van der Waals surface area contributed by atoms with Gasteiger partial charge in [-0.2, -0.15) is 8.78 Å². The molecule has 8 heteroatoms. The fourth-order valence-electron chi connectivity index (χ4n) is 2.87. The van der Waals surface area contributed by atoms with Crippen LogP contribution >= 0.6 is 0 Å². The van der Waals surface area contributed by atoms with Crippen LogP contribution in [-0.4, -0.2) is 25.8 Å². The lowest BCUT2D eigenvalue weighted by Gasteiger charge is -2.17. The van der Waals surface area contributed by atoms with Gasteiger partial charge in [-0.25, -0.2) is 8.42 Å². The predicted octanol–water partition coefficient (Wildman–Crippen LogP) is 2.82. The monoisotopic (exact) mass is 341 g/mol. The normalized spacial score (nSPS) is 14.3.